The van der Waals surface area contributed by atoms with Crippen LogP contribution in [0, 0.1) is 5.82 Å². The van der Waals surface area contributed by atoms with E-state index in [9.17, 15) is 9.18 Å². The Kier molecular flexibility index (Phi) is 4.47. The van der Waals surface area contributed by atoms with Gasteiger partial charge in [-0.05, 0) is 35.9 Å². The highest BCUT2D eigenvalue weighted by Crippen LogP contribution is 2.26. The molecule has 0 unspecified atom stereocenters. The van der Waals surface area contributed by atoms with Crippen LogP contribution in [0.3, 0.4) is 0 Å². The van der Waals surface area contributed by atoms with Crippen molar-refractivity contribution >= 4 is 29.2 Å². The van der Waals surface area contributed by atoms with E-state index in [1.54, 1.807) is 6.07 Å². The first-order chi connectivity index (χ1) is 9.47. The van der Waals surface area contributed by atoms with Crippen LogP contribution in [0.5, 0.6) is 5.75 Å². The summed E-state index contributed by atoms with van der Waals surface area (Å²) < 4.78 is 18.7. The van der Waals surface area contributed by atoms with Crippen molar-refractivity contribution in [3.8, 4) is 5.75 Å². The molecule has 2 aromatic rings. The molecule has 0 spiro atoms. The minimum Gasteiger partial charge on any atom is -0.487 e. The van der Waals surface area contributed by atoms with Crippen molar-refractivity contribution in [2.45, 2.75) is 6.61 Å². The summed E-state index contributed by atoms with van der Waals surface area (Å²) in [6.07, 6.45) is 0. The molecule has 6 heteroatoms. The third-order valence-corrected chi connectivity index (χ3v) is 3.16. The molecule has 0 aromatic heterocycles. The first kappa shape index (κ1) is 14.6. The molecule has 0 bridgehead atoms. The first-order valence-corrected chi connectivity index (χ1v) is 6.32. The largest absolute Gasteiger partial charge is 0.487 e. The average molecular weight is 315 g/mol. The minimum absolute atomic E-state index is 0.0394. The van der Waals surface area contributed by atoms with Crippen molar-refractivity contribution in [3.05, 3.63) is 63.4 Å². The van der Waals surface area contributed by atoms with Gasteiger partial charge in [0.2, 0.25) is 0 Å². The lowest BCUT2D eigenvalue weighted by molar-refractivity contribution is 0.0697. The molecule has 0 fully saturated rings. The summed E-state index contributed by atoms with van der Waals surface area (Å²) >= 11 is 11.5. The predicted octanol–water partition coefficient (Wildman–Crippen LogP) is 4.41. The van der Waals surface area contributed by atoms with Gasteiger partial charge in [0, 0.05) is 0 Å². The molecule has 2 rings (SSSR count). The van der Waals surface area contributed by atoms with Crippen molar-refractivity contribution in [3.63, 3.8) is 0 Å². The number of rotatable bonds is 4. The molecule has 1 N–H and O–H groups in total. The summed E-state index contributed by atoms with van der Waals surface area (Å²) in [6.45, 7) is 0.0974. The first-order valence-electron chi connectivity index (χ1n) is 5.57. The average Bonchev–Trinajstić information content (AvgIpc) is 2.41. The van der Waals surface area contributed by atoms with E-state index in [1.807, 2.05) is 0 Å². The molecule has 0 saturated carbocycles. The van der Waals surface area contributed by atoms with Crippen molar-refractivity contribution < 1.29 is 19.0 Å². The van der Waals surface area contributed by atoms with E-state index in [4.69, 9.17) is 33.0 Å². The third kappa shape index (κ3) is 3.40. The predicted molar refractivity (Wildman–Crippen MR) is 74.2 cm³/mol. The molecule has 20 heavy (non-hydrogen) atoms. The molecule has 0 amide bonds. The van der Waals surface area contributed by atoms with E-state index in [0.29, 0.717) is 11.3 Å². The number of benzene rings is 2. The highest BCUT2D eigenvalue weighted by atomic mass is 35.5. The Hall–Kier alpha value is -1.78. The molecule has 3 nitrogen and oxygen atoms in total. The second kappa shape index (κ2) is 6.11. The lowest BCUT2D eigenvalue weighted by Gasteiger charge is -2.09. The van der Waals surface area contributed by atoms with Gasteiger partial charge in [0.25, 0.3) is 0 Å². The Labute approximate surface area is 124 Å². The summed E-state index contributed by atoms with van der Waals surface area (Å²) in [5, 5.41) is 9.03. The minimum atomic E-state index is -1.07. The number of halogens is 3. The summed E-state index contributed by atoms with van der Waals surface area (Å²) in [5.74, 6) is -1.27. The topological polar surface area (TPSA) is 46.5 Å². The molecule has 0 atom stereocenters. The number of carboxylic acid groups (broad SMARTS) is 1. The molecule has 104 valence electrons. The molecule has 2 aromatic carbocycles. The number of hydrogen-bond donors (Lipinski definition) is 1. The zero-order chi connectivity index (χ0) is 14.7. The zero-order valence-corrected chi connectivity index (χ0v) is 11.6. The number of ether oxygens (including phenoxy) is 1. The second-order valence-corrected chi connectivity index (χ2v) is 4.80. The highest BCUT2D eigenvalue weighted by molar-refractivity contribution is 6.32. The monoisotopic (exact) mass is 314 g/mol. The quantitative estimate of drug-likeness (QED) is 0.909. The molecule has 0 heterocycles. The van der Waals surface area contributed by atoms with E-state index in [0.717, 1.165) is 0 Å². The van der Waals surface area contributed by atoms with Crippen molar-refractivity contribution in [1.82, 2.24) is 0 Å². The summed E-state index contributed by atoms with van der Waals surface area (Å²) in [7, 11) is 0. The Morgan fingerprint density at radius 1 is 1.15 bits per heavy atom. The van der Waals surface area contributed by atoms with Gasteiger partial charge in [0.15, 0.2) is 0 Å². The Bertz CT molecular complexity index is 659. The fourth-order valence-electron chi connectivity index (χ4n) is 1.54. The normalized spacial score (nSPS) is 10.3. The molecule has 0 saturated heterocycles. The van der Waals surface area contributed by atoms with Crippen LogP contribution in [0.4, 0.5) is 4.39 Å². The Morgan fingerprint density at radius 2 is 1.90 bits per heavy atom. The molecule has 0 aliphatic rings. The van der Waals surface area contributed by atoms with Gasteiger partial charge in [0.05, 0.1) is 15.6 Å². The lowest BCUT2D eigenvalue weighted by atomic mass is 10.2. The van der Waals surface area contributed by atoms with Crippen molar-refractivity contribution in [2.75, 3.05) is 0 Å². The van der Waals surface area contributed by atoms with E-state index < -0.39 is 11.8 Å². The standard InChI is InChI=1S/C14H9Cl2FO3/c15-10-3-1-8(5-12(10)17)7-20-13-4-2-9(14(18)19)6-11(13)16/h1-6H,7H2,(H,18,19). The number of aromatic carboxylic acids is 1. The second-order valence-electron chi connectivity index (χ2n) is 3.99. The maximum absolute atomic E-state index is 13.2. The van der Waals surface area contributed by atoms with E-state index >= 15 is 0 Å². The van der Waals surface area contributed by atoms with Crippen LogP contribution in [-0.4, -0.2) is 11.1 Å². The van der Waals surface area contributed by atoms with E-state index in [1.165, 1.54) is 30.3 Å². The van der Waals surface area contributed by atoms with Crippen LogP contribution in [0.25, 0.3) is 0 Å². The molecular weight excluding hydrogens is 306 g/mol. The summed E-state index contributed by atoms with van der Waals surface area (Å²) in [5.41, 5.74) is 0.658. The van der Waals surface area contributed by atoms with Crippen LogP contribution in [-0.2, 0) is 6.61 Å². The van der Waals surface area contributed by atoms with Gasteiger partial charge < -0.3 is 9.84 Å². The van der Waals surface area contributed by atoms with Gasteiger partial charge in [-0.25, -0.2) is 9.18 Å². The van der Waals surface area contributed by atoms with Crippen LogP contribution in [0.15, 0.2) is 36.4 Å². The maximum atomic E-state index is 13.2. The van der Waals surface area contributed by atoms with E-state index in [2.05, 4.69) is 0 Å². The molecule has 0 aliphatic carbocycles. The fraction of sp³-hybridized carbons (Fsp3) is 0.0714. The lowest BCUT2D eigenvalue weighted by Crippen LogP contribution is -1.99. The molecule has 0 radical (unpaired) electrons. The van der Waals surface area contributed by atoms with Crippen molar-refractivity contribution in [2.24, 2.45) is 0 Å². The van der Waals surface area contributed by atoms with Crippen molar-refractivity contribution in [1.29, 1.82) is 0 Å². The number of carboxylic acids is 1. The van der Waals surface area contributed by atoms with Crippen LogP contribution >= 0.6 is 23.2 Å². The SMILES string of the molecule is O=C(O)c1ccc(OCc2ccc(Cl)c(F)c2)c(Cl)c1. The summed E-state index contributed by atoms with van der Waals surface area (Å²) in [4.78, 5) is 10.8. The van der Waals surface area contributed by atoms with Crippen LogP contribution in [0.2, 0.25) is 10.0 Å². The van der Waals surface area contributed by atoms with Gasteiger partial charge in [-0.15, -0.1) is 0 Å². The fourth-order valence-corrected chi connectivity index (χ4v) is 1.89. The zero-order valence-electron chi connectivity index (χ0n) is 10.1. The van der Waals surface area contributed by atoms with Gasteiger partial charge in [-0.1, -0.05) is 29.3 Å². The van der Waals surface area contributed by atoms with Gasteiger partial charge in [-0.3, -0.25) is 0 Å². The number of hydrogen-bond acceptors (Lipinski definition) is 2. The molecular formula is C14H9Cl2FO3. The van der Waals surface area contributed by atoms with Crippen LogP contribution in [0.1, 0.15) is 15.9 Å². The maximum Gasteiger partial charge on any atom is 0.335 e. The number of carbonyl (C=O) groups is 1. The van der Waals surface area contributed by atoms with Gasteiger partial charge in [-0.2, -0.15) is 0 Å². The highest BCUT2D eigenvalue weighted by Gasteiger charge is 2.08. The van der Waals surface area contributed by atoms with Gasteiger partial charge in [0.1, 0.15) is 18.2 Å². The van der Waals surface area contributed by atoms with Gasteiger partial charge >= 0.3 is 5.97 Å². The van der Waals surface area contributed by atoms with E-state index in [-0.39, 0.29) is 22.2 Å². The summed E-state index contributed by atoms with van der Waals surface area (Å²) in [6, 6.07) is 8.46. The molecule has 0 aliphatic heterocycles. The van der Waals surface area contributed by atoms with Crippen LogP contribution < -0.4 is 4.74 Å². The Morgan fingerprint density at radius 3 is 2.50 bits per heavy atom. The Balaban J connectivity index is 2.10. The smallest absolute Gasteiger partial charge is 0.335 e. The third-order valence-electron chi connectivity index (χ3n) is 2.56.